The van der Waals surface area contributed by atoms with Crippen LogP contribution >= 0.6 is 11.6 Å². The van der Waals surface area contributed by atoms with Crippen LogP contribution in [0.5, 0.6) is 0 Å². The van der Waals surface area contributed by atoms with E-state index in [1.807, 2.05) is 24.0 Å². The van der Waals surface area contributed by atoms with Crippen LogP contribution in [0.2, 0.25) is 5.02 Å². The van der Waals surface area contributed by atoms with Crippen LogP contribution in [0.1, 0.15) is 12.5 Å². The van der Waals surface area contributed by atoms with Crippen molar-refractivity contribution >= 4 is 23.3 Å². The topological polar surface area (TPSA) is 58.1 Å². The molecule has 0 aliphatic heterocycles. The van der Waals surface area contributed by atoms with E-state index in [0.717, 1.165) is 5.56 Å². The van der Waals surface area contributed by atoms with E-state index >= 15 is 0 Å². The number of carbonyl (C=O) groups excluding carboxylic acids is 1. The molecule has 0 radical (unpaired) electrons. The summed E-state index contributed by atoms with van der Waals surface area (Å²) in [6, 6.07) is 7.40. The Balaban J connectivity index is 1.87. The van der Waals surface area contributed by atoms with Gasteiger partial charge in [0, 0.05) is 30.5 Å². The molecule has 0 fully saturated rings. The summed E-state index contributed by atoms with van der Waals surface area (Å²) >= 11 is 5.82. The lowest BCUT2D eigenvalue weighted by atomic mass is 10.2. The maximum absolute atomic E-state index is 12.0. The minimum atomic E-state index is -0.0579. The second kappa shape index (κ2) is 7.59. The molecule has 1 aromatic heterocycles. The Morgan fingerprint density at radius 2 is 2.05 bits per heavy atom. The highest BCUT2D eigenvalue weighted by molar-refractivity contribution is 6.30. The first-order valence-electron chi connectivity index (χ1n) is 6.71. The number of hydrogen-bond donors (Lipinski definition) is 1. The van der Waals surface area contributed by atoms with Crippen molar-refractivity contribution in [2.24, 2.45) is 0 Å². The fraction of sp³-hybridized carbons (Fsp3) is 0.267. The van der Waals surface area contributed by atoms with Crippen molar-refractivity contribution in [1.29, 1.82) is 0 Å². The zero-order valence-corrected chi connectivity index (χ0v) is 12.5. The normalized spacial score (nSPS) is 10.2. The zero-order chi connectivity index (χ0) is 15.1. The number of nitrogens with one attached hydrogen (secondary N) is 1. The van der Waals surface area contributed by atoms with E-state index in [4.69, 9.17) is 11.6 Å². The second-order valence-electron chi connectivity index (χ2n) is 4.48. The van der Waals surface area contributed by atoms with Gasteiger partial charge in [-0.05, 0) is 24.6 Å². The highest BCUT2D eigenvalue weighted by Crippen LogP contribution is 2.09. The fourth-order valence-corrected chi connectivity index (χ4v) is 1.97. The Kier molecular flexibility index (Phi) is 5.51. The fourth-order valence-electron chi connectivity index (χ4n) is 1.84. The van der Waals surface area contributed by atoms with Crippen LogP contribution in [0, 0.1) is 0 Å². The van der Waals surface area contributed by atoms with E-state index in [2.05, 4.69) is 15.3 Å². The van der Waals surface area contributed by atoms with Gasteiger partial charge < -0.3 is 10.2 Å². The van der Waals surface area contributed by atoms with Crippen LogP contribution in [-0.4, -0.2) is 29.0 Å². The molecule has 0 saturated heterocycles. The Hall–Kier alpha value is -2.14. The van der Waals surface area contributed by atoms with Crippen molar-refractivity contribution in [3.05, 3.63) is 53.4 Å². The molecule has 2 rings (SSSR count). The third-order valence-corrected chi connectivity index (χ3v) is 3.24. The molecule has 0 unspecified atom stereocenters. The molecule has 21 heavy (non-hydrogen) atoms. The summed E-state index contributed by atoms with van der Waals surface area (Å²) in [5.41, 5.74) is 1.01. The Bertz CT molecular complexity index is 574. The number of anilines is 1. The van der Waals surface area contributed by atoms with Crippen molar-refractivity contribution in [3.8, 4) is 0 Å². The first-order valence-corrected chi connectivity index (χ1v) is 7.09. The second-order valence-corrected chi connectivity index (χ2v) is 4.92. The number of amides is 1. The summed E-state index contributed by atoms with van der Waals surface area (Å²) < 4.78 is 0. The summed E-state index contributed by atoms with van der Waals surface area (Å²) in [5.74, 6) is 0.638. The first-order chi connectivity index (χ1) is 10.2. The van der Waals surface area contributed by atoms with Crippen LogP contribution in [0.15, 0.2) is 42.9 Å². The number of hydrogen-bond acceptors (Lipinski definition) is 4. The highest BCUT2D eigenvalue weighted by atomic mass is 35.5. The minimum Gasteiger partial charge on any atom is -0.350 e. The Morgan fingerprint density at radius 1 is 1.29 bits per heavy atom. The van der Waals surface area contributed by atoms with Crippen molar-refractivity contribution in [2.45, 2.75) is 13.5 Å². The predicted molar refractivity (Wildman–Crippen MR) is 83.2 cm³/mol. The van der Waals surface area contributed by atoms with Gasteiger partial charge in [-0.15, -0.1) is 0 Å². The molecule has 0 aliphatic carbocycles. The zero-order valence-electron chi connectivity index (χ0n) is 11.8. The number of benzene rings is 1. The van der Waals surface area contributed by atoms with Gasteiger partial charge in [-0.2, -0.15) is 0 Å². The monoisotopic (exact) mass is 304 g/mol. The number of aromatic nitrogens is 2. The smallest absolute Gasteiger partial charge is 0.239 e. The van der Waals surface area contributed by atoms with E-state index in [1.165, 1.54) is 0 Å². The lowest BCUT2D eigenvalue weighted by molar-refractivity contribution is -0.119. The van der Waals surface area contributed by atoms with Crippen LogP contribution in [-0.2, 0) is 11.3 Å². The average Bonchev–Trinajstić information content (AvgIpc) is 2.53. The summed E-state index contributed by atoms with van der Waals surface area (Å²) in [7, 11) is 0. The third kappa shape index (κ3) is 4.72. The molecular weight excluding hydrogens is 288 g/mol. The average molecular weight is 305 g/mol. The van der Waals surface area contributed by atoms with E-state index in [-0.39, 0.29) is 12.5 Å². The number of likely N-dealkylation sites (N-methyl/N-ethyl adjacent to an activating group) is 1. The molecule has 0 spiro atoms. The molecule has 5 nitrogen and oxygen atoms in total. The van der Waals surface area contributed by atoms with Crippen LogP contribution in [0.3, 0.4) is 0 Å². The van der Waals surface area contributed by atoms with Gasteiger partial charge in [0.2, 0.25) is 5.91 Å². The van der Waals surface area contributed by atoms with Gasteiger partial charge in [-0.1, -0.05) is 23.7 Å². The van der Waals surface area contributed by atoms with Crippen molar-refractivity contribution < 1.29 is 4.79 Å². The maximum Gasteiger partial charge on any atom is 0.239 e. The predicted octanol–water partition coefficient (Wildman–Crippen LogP) is 2.27. The molecule has 0 bridgehead atoms. The molecule has 1 amide bonds. The molecular formula is C15H17ClN4O. The van der Waals surface area contributed by atoms with E-state index in [0.29, 0.717) is 23.9 Å². The lowest BCUT2D eigenvalue weighted by Crippen LogP contribution is -2.37. The highest BCUT2D eigenvalue weighted by Gasteiger charge is 2.10. The summed E-state index contributed by atoms with van der Waals surface area (Å²) in [4.78, 5) is 22.1. The summed E-state index contributed by atoms with van der Waals surface area (Å²) in [6.07, 6.45) is 4.87. The first kappa shape index (κ1) is 15.3. The molecule has 0 aliphatic rings. The number of nitrogens with zero attached hydrogens (tertiary/aromatic N) is 3. The van der Waals surface area contributed by atoms with Crippen molar-refractivity contribution in [2.75, 3.05) is 18.0 Å². The largest absolute Gasteiger partial charge is 0.350 e. The van der Waals surface area contributed by atoms with Gasteiger partial charge in [0.25, 0.3) is 0 Å². The minimum absolute atomic E-state index is 0.0579. The van der Waals surface area contributed by atoms with Gasteiger partial charge in [0.15, 0.2) is 0 Å². The third-order valence-electron chi connectivity index (χ3n) is 2.99. The molecule has 1 aromatic carbocycles. The SMILES string of the molecule is CCN(CC(=O)NCc1ccc(Cl)cc1)c1cnccn1. The quantitative estimate of drug-likeness (QED) is 0.889. The molecule has 1 N–H and O–H groups in total. The number of rotatable bonds is 6. The van der Waals surface area contributed by atoms with Crippen molar-refractivity contribution in [3.63, 3.8) is 0 Å². The van der Waals surface area contributed by atoms with Gasteiger partial charge >= 0.3 is 0 Å². The molecule has 110 valence electrons. The molecule has 6 heteroatoms. The number of halogens is 1. The summed E-state index contributed by atoms with van der Waals surface area (Å²) in [5, 5.41) is 3.57. The summed E-state index contributed by atoms with van der Waals surface area (Å²) in [6.45, 7) is 3.39. The molecule has 0 saturated carbocycles. The standard InChI is InChI=1S/C15H17ClN4O/c1-2-20(14-10-17-7-8-18-14)11-15(21)19-9-12-3-5-13(16)6-4-12/h3-8,10H,2,9,11H2,1H3,(H,19,21). The molecule has 1 heterocycles. The van der Waals surface area contributed by atoms with Gasteiger partial charge in [-0.25, -0.2) is 4.98 Å². The Morgan fingerprint density at radius 3 is 2.67 bits per heavy atom. The molecule has 0 atom stereocenters. The number of carbonyl (C=O) groups is 1. The lowest BCUT2D eigenvalue weighted by Gasteiger charge is -2.20. The van der Waals surface area contributed by atoms with Crippen LogP contribution in [0.4, 0.5) is 5.82 Å². The van der Waals surface area contributed by atoms with Crippen molar-refractivity contribution in [1.82, 2.24) is 15.3 Å². The van der Waals surface area contributed by atoms with Gasteiger partial charge in [-0.3, -0.25) is 9.78 Å². The van der Waals surface area contributed by atoms with Gasteiger partial charge in [0.05, 0.1) is 12.7 Å². The van der Waals surface area contributed by atoms with E-state index in [1.54, 1.807) is 30.7 Å². The van der Waals surface area contributed by atoms with Crippen LogP contribution in [0.25, 0.3) is 0 Å². The van der Waals surface area contributed by atoms with E-state index < -0.39 is 0 Å². The molecule has 2 aromatic rings. The van der Waals surface area contributed by atoms with Gasteiger partial charge in [0.1, 0.15) is 5.82 Å². The maximum atomic E-state index is 12.0. The van der Waals surface area contributed by atoms with Crippen LogP contribution < -0.4 is 10.2 Å². The van der Waals surface area contributed by atoms with E-state index in [9.17, 15) is 4.79 Å². The Labute approximate surface area is 129 Å².